The van der Waals surface area contributed by atoms with Gasteiger partial charge in [0.05, 0.1) is 0 Å². The van der Waals surface area contributed by atoms with Crippen LogP contribution < -0.4 is 16.4 Å². The highest BCUT2D eigenvalue weighted by Gasteiger charge is 2.44. The number of nitrogens with one attached hydrogen (secondary N) is 2. The molecular weight excluding hydrogens is 358 g/mol. The number of primary amides is 1. The Bertz CT molecular complexity index is 780. The van der Waals surface area contributed by atoms with E-state index in [-0.39, 0.29) is 30.8 Å². The Morgan fingerprint density at radius 3 is 2.37 bits per heavy atom. The Labute approximate surface area is 154 Å². The summed E-state index contributed by atoms with van der Waals surface area (Å²) in [7, 11) is 0. The van der Waals surface area contributed by atoms with Crippen molar-refractivity contribution in [3.8, 4) is 5.75 Å². The lowest BCUT2D eigenvalue weighted by molar-refractivity contribution is -0.153. The standard InChI is InChI=1S/C16H19N5O6/c1-2-20-7-8-21(13(25)12(20)24)15(27)19-16(14(17)26,18-9-22)10-3-5-11(23)6-4-10/h3-6,9,23H,2,7-8H2,1H3,(H2,17,26)(H,18,22)(H,19,27). The third-order valence-electron chi connectivity index (χ3n) is 4.18. The maximum absolute atomic E-state index is 12.6. The van der Waals surface area contributed by atoms with E-state index in [1.54, 1.807) is 6.92 Å². The van der Waals surface area contributed by atoms with Crippen LogP contribution in [0.5, 0.6) is 5.75 Å². The predicted molar refractivity (Wildman–Crippen MR) is 90.7 cm³/mol. The molecule has 1 saturated heterocycles. The molecule has 1 heterocycles. The second kappa shape index (κ2) is 7.72. The van der Waals surface area contributed by atoms with Gasteiger partial charge in [-0.2, -0.15) is 0 Å². The first-order valence-electron chi connectivity index (χ1n) is 8.00. The van der Waals surface area contributed by atoms with E-state index >= 15 is 0 Å². The summed E-state index contributed by atoms with van der Waals surface area (Å²) >= 11 is 0. The molecule has 0 aromatic heterocycles. The van der Waals surface area contributed by atoms with Gasteiger partial charge in [-0.05, 0) is 19.1 Å². The number of nitrogens with two attached hydrogens (primary N) is 1. The predicted octanol–water partition coefficient (Wildman–Crippen LogP) is -1.82. The molecule has 144 valence electrons. The van der Waals surface area contributed by atoms with Gasteiger partial charge in [-0.3, -0.25) is 24.1 Å². The molecule has 1 aromatic rings. The van der Waals surface area contributed by atoms with Crippen LogP contribution in [0.15, 0.2) is 24.3 Å². The third kappa shape index (κ3) is 3.66. The van der Waals surface area contributed by atoms with Crippen LogP contribution in [0.4, 0.5) is 4.79 Å². The summed E-state index contributed by atoms with van der Waals surface area (Å²) in [6.07, 6.45) is 0.153. The van der Waals surface area contributed by atoms with Crippen molar-refractivity contribution >= 4 is 30.2 Å². The summed E-state index contributed by atoms with van der Waals surface area (Å²) in [5.41, 5.74) is 3.25. The largest absolute Gasteiger partial charge is 0.508 e. The zero-order valence-electron chi connectivity index (χ0n) is 14.5. The first kappa shape index (κ1) is 19.7. The van der Waals surface area contributed by atoms with Gasteiger partial charge in [0.15, 0.2) is 0 Å². The number of hydrogen-bond donors (Lipinski definition) is 4. The summed E-state index contributed by atoms with van der Waals surface area (Å²) in [5, 5.41) is 13.8. The third-order valence-corrected chi connectivity index (χ3v) is 4.18. The molecule has 6 amide bonds. The molecule has 0 saturated carbocycles. The van der Waals surface area contributed by atoms with Gasteiger partial charge in [0, 0.05) is 25.2 Å². The number of phenolic OH excluding ortho intramolecular Hbond substituents is 1. The molecule has 1 atom stereocenters. The first-order chi connectivity index (χ1) is 12.8. The minimum atomic E-state index is -2.18. The van der Waals surface area contributed by atoms with Crippen molar-refractivity contribution in [2.45, 2.75) is 12.6 Å². The number of nitrogens with zero attached hydrogens (tertiary/aromatic N) is 2. The highest BCUT2D eigenvalue weighted by molar-refractivity contribution is 6.38. The molecule has 11 nitrogen and oxygen atoms in total. The SMILES string of the molecule is CCN1CCN(C(=O)NC(NC=O)(C(N)=O)c2ccc(O)cc2)C(=O)C1=O. The zero-order valence-corrected chi connectivity index (χ0v) is 14.5. The van der Waals surface area contributed by atoms with E-state index in [4.69, 9.17) is 5.73 Å². The molecule has 5 N–H and O–H groups in total. The van der Waals surface area contributed by atoms with Gasteiger partial charge >= 0.3 is 17.8 Å². The second-order valence-electron chi connectivity index (χ2n) is 5.70. The fourth-order valence-corrected chi connectivity index (χ4v) is 2.66. The smallest absolute Gasteiger partial charge is 0.327 e. The molecule has 0 radical (unpaired) electrons. The summed E-state index contributed by atoms with van der Waals surface area (Å²) in [5.74, 6) is -3.17. The Hall–Kier alpha value is -3.63. The van der Waals surface area contributed by atoms with Gasteiger partial charge in [-0.25, -0.2) is 4.79 Å². The number of likely N-dealkylation sites (N-methyl/N-ethyl adjacent to an activating group) is 1. The number of amides is 6. The normalized spacial score (nSPS) is 16.5. The number of phenols is 1. The van der Waals surface area contributed by atoms with Crippen LogP contribution in [0, 0.1) is 0 Å². The molecule has 1 unspecified atom stereocenters. The van der Waals surface area contributed by atoms with Crippen molar-refractivity contribution in [2.75, 3.05) is 19.6 Å². The summed E-state index contributed by atoms with van der Waals surface area (Å²) in [4.78, 5) is 61.8. The van der Waals surface area contributed by atoms with E-state index in [1.165, 1.54) is 29.2 Å². The average molecular weight is 377 g/mol. The molecule has 0 spiro atoms. The molecule has 1 aromatic carbocycles. The Morgan fingerprint density at radius 1 is 1.22 bits per heavy atom. The van der Waals surface area contributed by atoms with Crippen molar-refractivity contribution in [1.82, 2.24) is 20.4 Å². The van der Waals surface area contributed by atoms with Gasteiger partial charge in [-0.15, -0.1) is 0 Å². The minimum absolute atomic E-state index is 0.0409. The topological polar surface area (TPSA) is 162 Å². The Kier molecular flexibility index (Phi) is 5.63. The summed E-state index contributed by atoms with van der Waals surface area (Å²) in [6, 6.07) is 3.89. The van der Waals surface area contributed by atoms with Crippen molar-refractivity contribution in [3.63, 3.8) is 0 Å². The number of urea groups is 1. The van der Waals surface area contributed by atoms with Crippen molar-refractivity contribution in [1.29, 1.82) is 0 Å². The number of imide groups is 1. The number of carbonyl (C=O) groups is 5. The summed E-state index contributed by atoms with van der Waals surface area (Å²) in [6.45, 7) is 2.05. The molecule has 1 aliphatic rings. The first-order valence-corrected chi connectivity index (χ1v) is 8.00. The maximum Gasteiger partial charge on any atom is 0.327 e. The summed E-state index contributed by atoms with van der Waals surface area (Å²) < 4.78 is 0. The van der Waals surface area contributed by atoms with Crippen LogP contribution in [-0.2, 0) is 24.8 Å². The maximum atomic E-state index is 12.6. The van der Waals surface area contributed by atoms with Crippen LogP contribution in [0.25, 0.3) is 0 Å². The van der Waals surface area contributed by atoms with Gasteiger partial charge in [0.1, 0.15) is 5.75 Å². The number of carbonyl (C=O) groups excluding carboxylic acids is 5. The fraction of sp³-hybridized carbons (Fsp3) is 0.312. The van der Waals surface area contributed by atoms with Crippen LogP contribution in [0.1, 0.15) is 12.5 Å². The van der Waals surface area contributed by atoms with E-state index in [2.05, 4.69) is 10.6 Å². The highest BCUT2D eigenvalue weighted by atomic mass is 16.3. The average Bonchev–Trinajstić information content (AvgIpc) is 2.63. The number of benzene rings is 1. The molecule has 2 rings (SSSR count). The van der Waals surface area contributed by atoms with E-state index in [0.29, 0.717) is 11.4 Å². The van der Waals surface area contributed by atoms with Gasteiger partial charge in [0.2, 0.25) is 12.1 Å². The molecule has 0 aliphatic carbocycles. The molecule has 27 heavy (non-hydrogen) atoms. The molecule has 0 bridgehead atoms. The van der Waals surface area contributed by atoms with Crippen molar-refractivity contribution < 1.29 is 29.1 Å². The Morgan fingerprint density at radius 2 is 1.85 bits per heavy atom. The minimum Gasteiger partial charge on any atom is -0.508 e. The van der Waals surface area contributed by atoms with Crippen molar-refractivity contribution in [3.05, 3.63) is 29.8 Å². The van der Waals surface area contributed by atoms with Crippen molar-refractivity contribution in [2.24, 2.45) is 5.73 Å². The zero-order chi connectivity index (χ0) is 20.2. The molecule has 1 fully saturated rings. The van der Waals surface area contributed by atoms with Crippen LogP contribution in [0.3, 0.4) is 0 Å². The lowest BCUT2D eigenvalue weighted by Crippen LogP contribution is -2.67. The lowest BCUT2D eigenvalue weighted by Gasteiger charge is -2.36. The number of piperazine rings is 1. The van der Waals surface area contributed by atoms with Crippen LogP contribution in [0.2, 0.25) is 0 Å². The number of rotatable bonds is 6. The van der Waals surface area contributed by atoms with Gasteiger partial charge < -0.3 is 26.4 Å². The lowest BCUT2D eigenvalue weighted by atomic mass is 9.98. The fourth-order valence-electron chi connectivity index (χ4n) is 2.66. The molecule has 11 heteroatoms. The van der Waals surface area contributed by atoms with Crippen LogP contribution in [-0.4, -0.2) is 64.7 Å². The van der Waals surface area contributed by atoms with E-state index in [0.717, 1.165) is 0 Å². The molecule has 1 aliphatic heterocycles. The second-order valence-corrected chi connectivity index (χ2v) is 5.70. The highest BCUT2D eigenvalue weighted by Crippen LogP contribution is 2.21. The van der Waals surface area contributed by atoms with Gasteiger partial charge in [0.25, 0.3) is 5.91 Å². The van der Waals surface area contributed by atoms with Crippen LogP contribution >= 0.6 is 0 Å². The Balaban J connectivity index is 2.35. The van der Waals surface area contributed by atoms with Gasteiger partial charge in [-0.1, -0.05) is 12.1 Å². The van der Waals surface area contributed by atoms with E-state index < -0.39 is 29.4 Å². The number of hydrogen-bond acceptors (Lipinski definition) is 6. The monoisotopic (exact) mass is 377 g/mol. The van der Waals surface area contributed by atoms with E-state index in [1.807, 2.05) is 0 Å². The number of aromatic hydroxyl groups is 1. The van der Waals surface area contributed by atoms with E-state index in [9.17, 15) is 29.1 Å². The molecular formula is C16H19N5O6. The quantitative estimate of drug-likeness (QED) is 0.259.